The van der Waals surface area contributed by atoms with Gasteiger partial charge < -0.3 is 4.52 Å². The molecule has 1 aromatic carbocycles. The van der Waals surface area contributed by atoms with Crippen LogP contribution in [0.2, 0.25) is 0 Å². The third kappa shape index (κ3) is 2.62. The van der Waals surface area contributed by atoms with E-state index >= 15 is 0 Å². The van der Waals surface area contributed by atoms with Gasteiger partial charge in [-0.3, -0.25) is 10.1 Å². The molecule has 3 rings (SSSR count). The summed E-state index contributed by atoms with van der Waals surface area (Å²) in [6.07, 6.45) is 1.63. The lowest BCUT2D eigenvalue weighted by Gasteiger charge is -2.00. The molecule has 0 saturated carbocycles. The Balaban J connectivity index is 1.89. The zero-order valence-corrected chi connectivity index (χ0v) is 13.6. The number of benzene rings is 1. The van der Waals surface area contributed by atoms with Gasteiger partial charge in [-0.2, -0.15) is 0 Å². The van der Waals surface area contributed by atoms with Gasteiger partial charge in [0.05, 0.1) is 15.9 Å². The summed E-state index contributed by atoms with van der Waals surface area (Å²) in [7, 11) is 0. The van der Waals surface area contributed by atoms with Crippen LogP contribution in [0.5, 0.6) is 0 Å². The van der Waals surface area contributed by atoms with Gasteiger partial charge in [-0.1, -0.05) is 36.4 Å². The van der Waals surface area contributed by atoms with Gasteiger partial charge in [0, 0.05) is 0 Å². The van der Waals surface area contributed by atoms with Crippen LogP contribution < -0.4 is 5.32 Å². The van der Waals surface area contributed by atoms with Gasteiger partial charge in [-0.15, -0.1) is 0 Å². The maximum absolute atomic E-state index is 12.4. The first kappa shape index (κ1) is 14.7. The number of aryl methyl sites for hydroxylation is 3. The maximum Gasteiger partial charge on any atom is 0.262 e. The van der Waals surface area contributed by atoms with Gasteiger partial charge in [0.15, 0.2) is 5.13 Å². The number of nitrogens with one attached hydrogen (secondary N) is 1. The number of nitrogens with zero attached hydrogens (tertiary/aromatic N) is 2. The summed E-state index contributed by atoms with van der Waals surface area (Å²) in [5.41, 5.74) is 3.34. The van der Waals surface area contributed by atoms with Crippen LogP contribution in [0.3, 0.4) is 0 Å². The molecule has 0 aliphatic carbocycles. The number of carbonyl (C=O) groups is 1. The number of amides is 1. The second kappa shape index (κ2) is 5.88. The van der Waals surface area contributed by atoms with Gasteiger partial charge in [0.25, 0.3) is 5.91 Å². The van der Waals surface area contributed by atoms with Crippen molar-refractivity contribution in [2.45, 2.75) is 33.6 Å². The average molecular weight is 315 g/mol. The van der Waals surface area contributed by atoms with E-state index in [9.17, 15) is 4.79 Å². The van der Waals surface area contributed by atoms with Crippen molar-refractivity contribution in [3.8, 4) is 0 Å². The highest BCUT2D eigenvalue weighted by Gasteiger charge is 2.20. The first-order valence-electron chi connectivity index (χ1n) is 7.28. The molecule has 2 aromatic heterocycles. The lowest BCUT2D eigenvalue weighted by Crippen LogP contribution is -2.14. The van der Waals surface area contributed by atoms with Crippen LogP contribution in [0.15, 0.2) is 22.7 Å². The number of hydrogen-bond acceptors (Lipinski definition) is 5. The molecule has 0 spiro atoms. The van der Waals surface area contributed by atoms with Crippen molar-refractivity contribution in [1.82, 2.24) is 10.1 Å². The Morgan fingerprint density at radius 2 is 2.14 bits per heavy atom. The van der Waals surface area contributed by atoms with E-state index in [4.69, 9.17) is 4.52 Å². The maximum atomic E-state index is 12.4. The molecule has 0 atom stereocenters. The third-order valence-corrected chi connectivity index (χ3v) is 4.51. The highest BCUT2D eigenvalue weighted by molar-refractivity contribution is 7.22. The smallest absolute Gasteiger partial charge is 0.262 e. The minimum absolute atomic E-state index is 0.217. The van der Waals surface area contributed by atoms with Crippen molar-refractivity contribution >= 4 is 32.6 Å². The van der Waals surface area contributed by atoms with Gasteiger partial charge >= 0.3 is 0 Å². The van der Waals surface area contributed by atoms with E-state index in [0.29, 0.717) is 28.6 Å². The topological polar surface area (TPSA) is 68.0 Å². The van der Waals surface area contributed by atoms with E-state index < -0.39 is 0 Å². The Labute approximate surface area is 132 Å². The quantitative estimate of drug-likeness (QED) is 0.791. The molecule has 0 radical (unpaired) electrons. The van der Waals surface area contributed by atoms with E-state index in [1.807, 2.05) is 13.0 Å². The van der Waals surface area contributed by atoms with Crippen molar-refractivity contribution in [3.05, 3.63) is 40.8 Å². The fourth-order valence-corrected chi connectivity index (χ4v) is 3.28. The van der Waals surface area contributed by atoms with Gasteiger partial charge in [-0.05, 0) is 37.5 Å². The molecule has 0 aliphatic rings. The summed E-state index contributed by atoms with van der Waals surface area (Å²) in [5, 5.41) is 7.36. The molecule has 114 valence electrons. The summed E-state index contributed by atoms with van der Waals surface area (Å²) in [6, 6.07) is 6.17. The van der Waals surface area contributed by atoms with Crippen molar-refractivity contribution in [1.29, 1.82) is 0 Å². The predicted octanol–water partition coefficient (Wildman–Crippen LogP) is 3.97. The van der Waals surface area contributed by atoms with Crippen molar-refractivity contribution in [2.24, 2.45) is 0 Å². The third-order valence-electron chi connectivity index (χ3n) is 3.58. The molecule has 22 heavy (non-hydrogen) atoms. The number of anilines is 1. The van der Waals surface area contributed by atoms with Crippen molar-refractivity contribution in [3.63, 3.8) is 0 Å². The van der Waals surface area contributed by atoms with Crippen molar-refractivity contribution < 1.29 is 9.32 Å². The summed E-state index contributed by atoms with van der Waals surface area (Å²) in [4.78, 5) is 16.9. The lowest BCUT2D eigenvalue weighted by atomic mass is 10.1. The molecule has 0 bridgehead atoms. The highest BCUT2D eigenvalue weighted by Crippen LogP contribution is 2.28. The normalized spacial score (nSPS) is 11.0. The Bertz CT molecular complexity index is 835. The molecule has 2 heterocycles. The predicted molar refractivity (Wildman–Crippen MR) is 87.6 cm³/mol. The van der Waals surface area contributed by atoms with Gasteiger partial charge in [-0.25, -0.2) is 4.98 Å². The zero-order chi connectivity index (χ0) is 15.7. The Kier molecular flexibility index (Phi) is 3.94. The van der Waals surface area contributed by atoms with Crippen LogP contribution in [0.1, 0.15) is 41.2 Å². The lowest BCUT2D eigenvalue weighted by molar-refractivity contribution is 0.102. The van der Waals surface area contributed by atoms with Crippen LogP contribution in [0.4, 0.5) is 5.13 Å². The number of fused-ring (bicyclic) bond motifs is 1. The van der Waals surface area contributed by atoms with Gasteiger partial charge in [0.2, 0.25) is 0 Å². The molecular formula is C16H17N3O2S. The number of aromatic nitrogens is 2. The molecule has 5 nitrogen and oxygen atoms in total. The molecule has 0 unspecified atom stereocenters. The van der Waals surface area contributed by atoms with Crippen LogP contribution in [0, 0.1) is 6.92 Å². The molecule has 1 N–H and O–H groups in total. The first-order valence-corrected chi connectivity index (χ1v) is 8.10. The number of thiazole rings is 1. The Morgan fingerprint density at radius 3 is 2.86 bits per heavy atom. The SMILES string of the molecule is CCc1ccc2nc(NC(=O)c3c(CC)noc3C)sc2c1. The molecule has 0 aliphatic heterocycles. The van der Waals surface area contributed by atoms with E-state index in [-0.39, 0.29) is 5.91 Å². The zero-order valence-electron chi connectivity index (χ0n) is 12.8. The number of rotatable bonds is 4. The summed E-state index contributed by atoms with van der Waals surface area (Å²) in [6.45, 7) is 5.80. The minimum Gasteiger partial charge on any atom is -0.361 e. The number of carbonyl (C=O) groups excluding carboxylic acids is 1. The standard InChI is InChI=1S/C16H17N3O2S/c1-4-10-6-7-12-13(8-10)22-16(17-12)18-15(20)14-9(3)21-19-11(14)5-2/h6-8H,4-5H2,1-3H3,(H,17,18,20). The Morgan fingerprint density at radius 1 is 1.32 bits per heavy atom. The van der Waals surface area contributed by atoms with Crippen LogP contribution in [-0.2, 0) is 12.8 Å². The second-order valence-electron chi connectivity index (χ2n) is 5.04. The van der Waals surface area contributed by atoms with E-state index in [1.165, 1.54) is 16.9 Å². The van der Waals surface area contributed by atoms with Crippen LogP contribution in [-0.4, -0.2) is 16.0 Å². The molecule has 0 fully saturated rings. The number of hydrogen-bond donors (Lipinski definition) is 1. The highest BCUT2D eigenvalue weighted by atomic mass is 32.1. The first-order chi connectivity index (χ1) is 10.6. The van der Waals surface area contributed by atoms with Crippen molar-refractivity contribution in [2.75, 3.05) is 5.32 Å². The molecule has 6 heteroatoms. The van der Waals surface area contributed by atoms with Gasteiger partial charge in [0.1, 0.15) is 11.3 Å². The van der Waals surface area contributed by atoms with Crippen LogP contribution in [0.25, 0.3) is 10.2 Å². The van der Waals surface area contributed by atoms with E-state index in [1.54, 1.807) is 6.92 Å². The summed E-state index contributed by atoms with van der Waals surface area (Å²) in [5.74, 6) is 0.314. The second-order valence-corrected chi connectivity index (χ2v) is 6.07. The molecule has 1 amide bonds. The fourth-order valence-electron chi connectivity index (χ4n) is 2.35. The monoisotopic (exact) mass is 315 g/mol. The van der Waals surface area contributed by atoms with E-state index in [2.05, 4.69) is 34.5 Å². The molecule has 0 saturated heterocycles. The fraction of sp³-hybridized carbons (Fsp3) is 0.312. The summed E-state index contributed by atoms with van der Waals surface area (Å²) < 4.78 is 6.18. The minimum atomic E-state index is -0.217. The largest absolute Gasteiger partial charge is 0.361 e. The summed E-state index contributed by atoms with van der Waals surface area (Å²) >= 11 is 1.48. The molecular weight excluding hydrogens is 298 g/mol. The molecule has 3 aromatic rings. The Hall–Kier alpha value is -2.21. The van der Waals surface area contributed by atoms with Crippen LogP contribution >= 0.6 is 11.3 Å². The van der Waals surface area contributed by atoms with E-state index in [0.717, 1.165) is 16.6 Å². The average Bonchev–Trinajstić information content (AvgIpc) is 3.08.